The summed E-state index contributed by atoms with van der Waals surface area (Å²) in [5.74, 6) is 1.98. The standard InChI is InChI=1S/C14H21ClO2/c15-12(13(16)17)1-2-14-6-9-3-10(7-14)5-11(4-9)8-14/h9-12H,1-8H2,(H,16,17). The van der Waals surface area contributed by atoms with E-state index in [1.54, 1.807) is 0 Å². The lowest BCUT2D eigenvalue weighted by Crippen LogP contribution is -2.46. The molecule has 2 nitrogen and oxygen atoms in total. The molecule has 4 fully saturated rings. The van der Waals surface area contributed by atoms with Crippen LogP contribution in [0.5, 0.6) is 0 Å². The SMILES string of the molecule is O=C(O)C(Cl)CCC12CC3CC(CC(C3)C1)C2. The van der Waals surface area contributed by atoms with E-state index in [1.165, 1.54) is 38.5 Å². The lowest BCUT2D eigenvalue weighted by Gasteiger charge is -2.57. The third kappa shape index (κ3) is 2.21. The zero-order valence-corrected chi connectivity index (χ0v) is 11.0. The van der Waals surface area contributed by atoms with Gasteiger partial charge in [-0.3, -0.25) is 4.79 Å². The zero-order chi connectivity index (χ0) is 12.0. The first-order chi connectivity index (χ1) is 8.06. The monoisotopic (exact) mass is 256 g/mol. The van der Waals surface area contributed by atoms with Crippen molar-refractivity contribution in [2.75, 3.05) is 0 Å². The number of hydrogen-bond acceptors (Lipinski definition) is 1. The Bertz CT molecular complexity index is 291. The van der Waals surface area contributed by atoms with E-state index in [0.29, 0.717) is 11.8 Å². The molecule has 0 radical (unpaired) electrons. The first-order valence-electron chi connectivity index (χ1n) is 6.93. The van der Waals surface area contributed by atoms with Crippen molar-refractivity contribution < 1.29 is 9.90 Å². The van der Waals surface area contributed by atoms with Crippen LogP contribution in [-0.4, -0.2) is 16.5 Å². The van der Waals surface area contributed by atoms with Gasteiger partial charge in [0.25, 0.3) is 0 Å². The topological polar surface area (TPSA) is 37.3 Å². The highest BCUT2D eigenvalue weighted by Gasteiger charge is 2.50. The second-order valence-corrected chi connectivity index (χ2v) is 7.29. The van der Waals surface area contributed by atoms with Crippen LogP contribution < -0.4 is 0 Å². The van der Waals surface area contributed by atoms with Crippen LogP contribution in [0.4, 0.5) is 0 Å². The van der Waals surface area contributed by atoms with Crippen molar-refractivity contribution in [1.82, 2.24) is 0 Å². The van der Waals surface area contributed by atoms with E-state index in [2.05, 4.69) is 0 Å². The number of carbonyl (C=O) groups is 1. The first kappa shape index (κ1) is 11.8. The number of aliphatic carboxylic acids is 1. The van der Waals surface area contributed by atoms with Crippen LogP contribution in [0.15, 0.2) is 0 Å². The molecule has 17 heavy (non-hydrogen) atoms. The molecule has 0 heterocycles. The molecular formula is C14H21ClO2. The normalized spacial score (nSPS) is 44.9. The highest BCUT2D eigenvalue weighted by atomic mass is 35.5. The number of carboxylic acids is 1. The van der Waals surface area contributed by atoms with Crippen LogP contribution in [0, 0.1) is 23.2 Å². The van der Waals surface area contributed by atoms with Crippen molar-refractivity contribution >= 4 is 17.6 Å². The van der Waals surface area contributed by atoms with Crippen LogP contribution in [0.1, 0.15) is 51.4 Å². The molecule has 4 aliphatic rings. The Labute approximate surface area is 108 Å². The molecule has 4 saturated carbocycles. The lowest BCUT2D eigenvalue weighted by molar-refractivity contribution is -0.137. The Hall–Kier alpha value is -0.240. The van der Waals surface area contributed by atoms with Gasteiger partial charge in [0.1, 0.15) is 5.38 Å². The van der Waals surface area contributed by atoms with Gasteiger partial charge in [-0.2, -0.15) is 0 Å². The highest BCUT2D eigenvalue weighted by Crippen LogP contribution is 2.61. The summed E-state index contributed by atoms with van der Waals surface area (Å²) < 4.78 is 0. The molecule has 1 unspecified atom stereocenters. The molecule has 0 amide bonds. The molecule has 0 aliphatic heterocycles. The molecule has 4 bridgehead atoms. The Balaban J connectivity index is 1.64. The number of alkyl halides is 1. The second kappa shape index (κ2) is 4.15. The molecule has 4 aliphatic carbocycles. The van der Waals surface area contributed by atoms with Gasteiger partial charge < -0.3 is 5.11 Å². The second-order valence-electron chi connectivity index (χ2n) is 6.76. The molecule has 1 N–H and O–H groups in total. The minimum Gasteiger partial charge on any atom is -0.480 e. The molecule has 0 aromatic rings. The minimum atomic E-state index is -0.851. The Morgan fingerprint density at radius 1 is 1.18 bits per heavy atom. The van der Waals surface area contributed by atoms with Gasteiger partial charge in [-0.25, -0.2) is 0 Å². The molecule has 0 aromatic heterocycles. The van der Waals surface area contributed by atoms with Gasteiger partial charge in [0, 0.05) is 0 Å². The van der Waals surface area contributed by atoms with E-state index >= 15 is 0 Å². The zero-order valence-electron chi connectivity index (χ0n) is 10.2. The fourth-order valence-electron chi connectivity index (χ4n) is 5.15. The summed E-state index contributed by atoms with van der Waals surface area (Å²) in [5, 5.41) is 8.19. The predicted molar refractivity (Wildman–Crippen MR) is 67.1 cm³/mol. The predicted octanol–water partition coefficient (Wildman–Crippen LogP) is 3.68. The number of halogens is 1. The van der Waals surface area contributed by atoms with E-state index < -0.39 is 11.3 Å². The third-order valence-corrected chi connectivity index (χ3v) is 5.77. The summed E-state index contributed by atoms with van der Waals surface area (Å²) in [6.45, 7) is 0. The Morgan fingerprint density at radius 3 is 2.06 bits per heavy atom. The molecule has 1 atom stereocenters. The maximum absolute atomic E-state index is 10.8. The molecule has 0 spiro atoms. The molecule has 0 aromatic carbocycles. The van der Waals surface area contributed by atoms with E-state index in [9.17, 15) is 4.79 Å². The quantitative estimate of drug-likeness (QED) is 0.780. The van der Waals surface area contributed by atoms with Crippen molar-refractivity contribution in [1.29, 1.82) is 0 Å². The summed E-state index contributed by atoms with van der Waals surface area (Å²) in [5.41, 5.74) is 0.470. The van der Waals surface area contributed by atoms with Gasteiger partial charge in [-0.15, -0.1) is 11.6 Å². The average molecular weight is 257 g/mol. The number of carboxylic acid groups (broad SMARTS) is 1. The van der Waals surface area contributed by atoms with Crippen LogP contribution in [-0.2, 0) is 4.79 Å². The van der Waals surface area contributed by atoms with E-state index in [-0.39, 0.29) is 0 Å². The third-order valence-electron chi connectivity index (χ3n) is 5.36. The van der Waals surface area contributed by atoms with Gasteiger partial charge in [-0.1, -0.05) is 0 Å². The van der Waals surface area contributed by atoms with Crippen LogP contribution in [0.2, 0.25) is 0 Å². The molecule has 96 valence electrons. The fourth-order valence-corrected chi connectivity index (χ4v) is 5.26. The van der Waals surface area contributed by atoms with Crippen LogP contribution in [0.3, 0.4) is 0 Å². The largest absolute Gasteiger partial charge is 0.480 e. The number of hydrogen-bond donors (Lipinski definition) is 1. The Kier molecular flexibility index (Phi) is 2.89. The van der Waals surface area contributed by atoms with Gasteiger partial charge in [0.05, 0.1) is 0 Å². The maximum Gasteiger partial charge on any atom is 0.321 e. The summed E-state index contributed by atoms with van der Waals surface area (Å²) in [7, 11) is 0. The van der Waals surface area contributed by atoms with Crippen molar-refractivity contribution in [2.45, 2.75) is 56.7 Å². The molecule has 3 heteroatoms. The summed E-state index contributed by atoms with van der Waals surface area (Å²) in [6, 6.07) is 0. The summed E-state index contributed by atoms with van der Waals surface area (Å²) in [4.78, 5) is 10.8. The molecule has 4 rings (SSSR count). The molecule has 0 saturated heterocycles. The highest BCUT2D eigenvalue weighted by molar-refractivity contribution is 6.29. The number of rotatable bonds is 4. The van der Waals surface area contributed by atoms with E-state index in [1.807, 2.05) is 0 Å². The molecular weight excluding hydrogens is 236 g/mol. The smallest absolute Gasteiger partial charge is 0.321 e. The van der Waals surface area contributed by atoms with Gasteiger partial charge in [0.2, 0.25) is 0 Å². The van der Waals surface area contributed by atoms with Crippen molar-refractivity contribution in [3.63, 3.8) is 0 Å². The maximum atomic E-state index is 10.8. The van der Waals surface area contributed by atoms with E-state index in [4.69, 9.17) is 16.7 Å². The summed E-state index contributed by atoms with van der Waals surface area (Å²) >= 11 is 5.86. The van der Waals surface area contributed by atoms with Gasteiger partial charge in [-0.05, 0) is 74.5 Å². The van der Waals surface area contributed by atoms with E-state index in [0.717, 1.165) is 24.2 Å². The fraction of sp³-hybridized carbons (Fsp3) is 0.929. The minimum absolute atomic E-state index is 0.470. The Morgan fingerprint density at radius 2 is 1.65 bits per heavy atom. The van der Waals surface area contributed by atoms with Crippen LogP contribution in [0.25, 0.3) is 0 Å². The van der Waals surface area contributed by atoms with Gasteiger partial charge >= 0.3 is 5.97 Å². The average Bonchev–Trinajstić information content (AvgIpc) is 2.24. The van der Waals surface area contributed by atoms with Crippen molar-refractivity contribution in [3.8, 4) is 0 Å². The first-order valence-corrected chi connectivity index (χ1v) is 7.37. The van der Waals surface area contributed by atoms with Gasteiger partial charge in [0.15, 0.2) is 0 Å². The van der Waals surface area contributed by atoms with Crippen molar-refractivity contribution in [3.05, 3.63) is 0 Å². The lowest BCUT2D eigenvalue weighted by atomic mass is 9.48. The van der Waals surface area contributed by atoms with Crippen LogP contribution >= 0.6 is 11.6 Å². The van der Waals surface area contributed by atoms with Crippen molar-refractivity contribution in [2.24, 2.45) is 23.2 Å². The summed E-state index contributed by atoms with van der Waals surface area (Å²) in [6.07, 6.45) is 10.1.